The van der Waals surface area contributed by atoms with Crippen molar-refractivity contribution in [2.45, 2.75) is 117 Å². The van der Waals surface area contributed by atoms with Gasteiger partial charge in [-0.1, -0.05) is 47.6 Å². The molecule has 0 spiro atoms. The number of hydrogen-bond acceptors (Lipinski definition) is 5. The van der Waals surface area contributed by atoms with Crippen molar-refractivity contribution >= 4 is 22.7 Å². The third-order valence-corrected chi connectivity index (χ3v) is 16.2. The molecule has 0 heterocycles. The van der Waals surface area contributed by atoms with Crippen molar-refractivity contribution < 1.29 is 23.1 Å². The summed E-state index contributed by atoms with van der Waals surface area (Å²) in [6, 6.07) is 6.24. The van der Waals surface area contributed by atoms with Crippen LogP contribution in [-0.4, -0.2) is 53.4 Å². The number of carbonyl (C=O) groups excluding carboxylic acids is 1. The number of benzene rings is 1. The molecular weight excluding hydrogens is 486 g/mol. The highest BCUT2D eigenvalue weighted by Gasteiger charge is 2.38. The van der Waals surface area contributed by atoms with Gasteiger partial charge in [0.05, 0.1) is 19.8 Å². The van der Waals surface area contributed by atoms with Crippen molar-refractivity contribution in [3.8, 4) is 5.75 Å². The summed E-state index contributed by atoms with van der Waals surface area (Å²) in [6.07, 6.45) is -0.355. The van der Waals surface area contributed by atoms with Gasteiger partial charge in [0.2, 0.25) is 0 Å². The van der Waals surface area contributed by atoms with E-state index in [2.05, 4.69) is 73.8 Å². The minimum absolute atomic E-state index is 0.141. The Bertz CT molecular complexity index is 816. The van der Waals surface area contributed by atoms with Crippen molar-refractivity contribution in [1.29, 1.82) is 0 Å². The Kier molecular flexibility index (Phi) is 10.9. The molecule has 36 heavy (non-hydrogen) atoms. The second-order valence-corrected chi connectivity index (χ2v) is 23.5. The van der Waals surface area contributed by atoms with Crippen LogP contribution in [0.3, 0.4) is 0 Å². The molecule has 0 bridgehead atoms. The number of ether oxygens (including phenoxy) is 2. The number of hydrogen-bond donors (Lipinski definition) is 0. The first-order valence-corrected chi connectivity index (χ1v) is 18.8. The molecule has 0 aliphatic carbocycles. The Morgan fingerprint density at radius 1 is 0.778 bits per heavy atom. The molecule has 6 nitrogen and oxygen atoms in total. The number of rotatable bonds is 10. The summed E-state index contributed by atoms with van der Waals surface area (Å²) < 4.78 is 24.5. The molecule has 0 unspecified atom stereocenters. The molecule has 1 amide bonds. The number of nitrogens with zero attached hydrogens (tertiary/aromatic N) is 1. The normalized spacial score (nSPS) is 13.5. The first kappa shape index (κ1) is 32.7. The lowest BCUT2D eigenvalue weighted by Crippen LogP contribution is -2.40. The molecule has 0 saturated heterocycles. The van der Waals surface area contributed by atoms with Crippen LogP contribution < -0.4 is 4.74 Å². The molecule has 0 saturated carbocycles. The van der Waals surface area contributed by atoms with E-state index in [9.17, 15) is 4.79 Å². The molecule has 0 radical (unpaired) electrons. The highest BCUT2D eigenvalue weighted by molar-refractivity contribution is 6.74. The summed E-state index contributed by atoms with van der Waals surface area (Å²) in [5, 5.41) is 0.281. The Labute approximate surface area is 223 Å². The summed E-state index contributed by atoms with van der Waals surface area (Å²) >= 11 is 0. The lowest BCUT2D eigenvalue weighted by atomic mass is 10.1. The maximum absolute atomic E-state index is 12.3. The van der Waals surface area contributed by atoms with Gasteiger partial charge in [0, 0.05) is 7.05 Å². The van der Waals surface area contributed by atoms with Crippen LogP contribution in [-0.2, 0) is 26.8 Å². The van der Waals surface area contributed by atoms with Gasteiger partial charge in [0.15, 0.2) is 16.6 Å². The zero-order chi connectivity index (χ0) is 28.2. The predicted octanol–water partition coefficient (Wildman–Crippen LogP) is 7.98. The molecule has 1 aromatic rings. The highest BCUT2D eigenvalue weighted by atomic mass is 28.4. The van der Waals surface area contributed by atoms with Gasteiger partial charge in [-0.2, -0.15) is 0 Å². The van der Waals surface area contributed by atoms with E-state index in [-0.39, 0.29) is 16.2 Å². The lowest BCUT2D eigenvalue weighted by Gasteiger charge is -2.36. The first-order valence-electron chi connectivity index (χ1n) is 13.0. The molecule has 1 rings (SSSR count). The molecule has 0 N–H and O–H groups in total. The molecule has 0 aliphatic heterocycles. The quantitative estimate of drug-likeness (QED) is 0.282. The van der Waals surface area contributed by atoms with Crippen LogP contribution in [0.25, 0.3) is 0 Å². The summed E-state index contributed by atoms with van der Waals surface area (Å²) in [5.41, 5.74) is 1.63. The predicted molar refractivity (Wildman–Crippen MR) is 155 cm³/mol. The molecule has 0 aliphatic rings. The SMILES string of the molecule is CN(CCOc1cc(CO[Si](C)(C)C(C)(C)C)cc(CO[Si](C)(C)C(C)(C)C)c1)C(=O)OC(C)(C)C. The van der Waals surface area contributed by atoms with E-state index in [1.165, 1.54) is 4.90 Å². The van der Waals surface area contributed by atoms with Gasteiger partial charge >= 0.3 is 6.09 Å². The minimum Gasteiger partial charge on any atom is -0.492 e. The van der Waals surface area contributed by atoms with Gasteiger partial charge in [0.25, 0.3) is 0 Å². The van der Waals surface area contributed by atoms with E-state index in [4.69, 9.17) is 18.3 Å². The van der Waals surface area contributed by atoms with Crippen LogP contribution >= 0.6 is 0 Å². The maximum Gasteiger partial charge on any atom is 0.410 e. The Balaban J connectivity index is 3.01. The first-order chi connectivity index (χ1) is 16.0. The number of carbonyl (C=O) groups is 1. The van der Waals surface area contributed by atoms with Crippen LogP contribution in [0.4, 0.5) is 4.79 Å². The van der Waals surface area contributed by atoms with E-state index < -0.39 is 22.2 Å². The summed E-state index contributed by atoms with van der Waals surface area (Å²) in [6.45, 7) is 30.0. The molecule has 0 fully saturated rings. The summed E-state index contributed by atoms with van der Waals surface area (Å²) in [7, 11) is -2.06. The summed E-state index contributed by atoms with van der Waals surface area (Å²) in [4.78, 5) is 13.8. The van der Waals surface area contributed by atoms with E-state index in [0.29, 0.717) is 26.4 Å². The van der Waals surface area contributed by atoms with Crippen molar-refractivity contribution in [3.05, 3.63) is 29.3 Å². The third-order valence-electron chi connectivity index (χ3n) is 7.24. The van der Waals surface area contributed by atoms with Gasteiger partial charge in [-0.25, -0.2) is 4.79 Å². The van der Waals surface area contributed by atoms with E-state index in [1.54, 1.807) is 7.05 Å². The fraction of sp³-hybridized carbons (Fsp3) is 0.750. The van der Waals surface area contributed by atoms with Crippen LogP contribution in [0.1, 0.15) is 73.4 Å². The number of amides is 1. The van der Waals surface area contributed by atoms with E-state index in [0.717, 1.165) is 16.9 Å². The smallest absolute Gasteiger partial charge is 0.410 e. The molecular formula is C28H53NO5Si2. The molecule has 8 heteroatoms. The summed E-state index contributed by atoms with van der Waals surface area (Å²) in [5.74, 6) is 0.762. The van der Waals surface area contributed by atoms with Gasteiger partial charge in [-0.3, -0.25) is 0 Å². The average Bonchev–Trinajstić information content (AvgIpc) is 2.68. The zero-order valence-electron chi connectivity index (χ0n) is 25.5. The highest BCUT2D eigenvalue weighted by Crippen LogP contribution is 2.38. The second kappa shape index (κ2) is 12.0. The van der Waals surface area contributed by atoms with Crippen molar-refractivity contribution in [2.75, 3.05) is 20.2 Å². The average molecular weight is 540 g/mol. The minimum atomic E-state index is -1.89. The van der Waals surface area contributed by atoms with Crippen molar-refractivity contribution in [2.24, 2.45) is 0 Å². The Morgan fingerprint density at radius 2 is 1.19 bits per heavy atom. The fourth-order valence-electron chi connectivity index (χ4n) is 2.67. The van der Waals surface area contributed by atoms with Gasteiger partial charge in [-0.05, 0) is 80.3 Å². The Hall–Kier alpha value is -1.36. The third kappa shape index (κ3) is 10.6. The van der Waals surface area contributed by atoms with Gasteiger partial charge in [-0.15, -0.1) is 0 Å². The van der Waals surface area contributed by atoms with Crippen LogP contribution in [0.2, 0.25) is 36.3 Å². The van der Waals surface area contributed by atoms with Gasteiger partial charge < -0.3 is 23.2 Å². The van der Waals surface area contributed by atoms with Crippen LogP contribution in [0.5, 0.6) is 5.75 Å². The molecule has 208 valence electrons. The monoisotopic (exact) mass is 539 g/mol. The zero-order valence-corrected chi connectivity index (χ0v) is 27.5. The van der Waals surface area contributed by atoms with E-state index >= 15 is 0 Å². The fourth-order valence-corrected chi connectivity index (χ4v) is 4.59. The topological polar surface area (TPSA) is 57.2 Å². The van der Waals surface area contributed by atoms with Gasteiger partial charge in [0.1, 0.15) is 18.0 Å². The molecule has 0 atom stereocenters. The molecule has 1 aromatic carbocycles. The van der Waals surface area contributed by atoms with E-state index in [1.807, 2.05) is 32.9 Å². The molecule has 0 aromatic heterocycles. The van der Waals surface area contributed by atoms with Crippen LogP contribution in [0.15, 0.2) is 18.2 Å². The standard InChI is InChI=1S/C28H53NO5Si2/c1-26(2,3)34-25(30)29(10)15-16-31-24-18-22(20-32-35(11,12)27(4,5)6)17-23(19-24)21-33-36(13,14)28(7,8)9/h17-19H,15-16,20-21H2,1-14H3. The van der Waals surface area contributed by atoms with Crippen molar-refractivity contribution in [3.63, 3.8) is 0 Å². The maximum atomic E-state index is 12.3. The lowest BCUT2D eigenvalue weighted by molar-refractivity contribution is 0.0278. The van der Waals surface area contributed by atoms with Crippen LogP contribution in [0, 0.1) is 0 Å². The second-order valence-electron chi connectivity index (χ2n) is 13.8. The van der Waals surface area contributed by atoms with Crippen molar-refractivity contribution in [1.82, 2.24) is 4.90 Å². The number of likely N-dealkylation sites (N-methyl/N-ethyl adjacent to an activating group) is 1. The largest absolute Gasteiger partial charge is 0.492 e. The Morgan fingerprint density at radius 3 is 1.56 bits per heavy atom.